The Bertz CT molecular complexity index is 664. The SMILES string of the molecule is Cc1ccc(OCc2cc(F)cc(C#N)c2)c(CBr)c1. The summed E-state index contributed by atoms with van der Waals surface area (Å²) in [7, 11) is 0. The maximum absolute atomic E-state index is 13.3. The highest BCUT2D eigenvalue weighted by molar-refractivity contribution is 9.08. The molecule has 0 fully saturated rings. The molecule has 0 saturated carbocycles. The molecular formula is C16H13BrFNO. The van der Waals surface area contributed by atoms with Crippen LogP contribution in [0.1, 0.15) is 22.3 Å². The first-order valence-electron chi connectivity index (χ1n) is 6.10. The van der Waals surface area contributed by atoms with E-state index in [1.54, 1.807) is 6.07 Å². The van der Waals surface area contributed by atoms with Gasteiger partial charge in [-0.2, -0.15) is 5.26 Å². The van der Waals surface area contributed by atoms with Gasteiger partial charge in [-0.1, -0.05) is 33.6 Å². The van der Waals surface area contributed by atoms with Crippen LogP contribution < -0.4 is 4.74 Å². The Labute approximate surface area is 125 Å². The van der Waals surface area contributed by atoms with E-state index in [9.17, 15) is 4.39 Å². The zero-order valence-electron chi connectivity index (χ0n) is 11.0. The average Bonchev–Trinajstić information content (AvgIpc) is 2.45. The molecule has 2 aromatic rings. The van der Waals surface area contributed by atoms with Gasteiger partial charge in [0.05, 0.1) is 11.6 Å². The lowest BCUT2D eigenvalue weighted by Gasteiger charge is -2.11. The van der Waals surface area contributed by atoms with Crippen molar-refractivity contribution in [2.75, 3.05) is 0 Å². The van der Waals surface area contributed by atoms with Gasteiger partial charge in [0.2, 0.25) is 0 Å². The van der Waals surface area contributed by atoms with E-state index in [2.05, 4.69) is 15.9 Å². The number of nitrogens with zero attached hydrogens (tertiary/aromatic N) is 1. The summed E-state index contributed by atoms with van der Waals surface area (Å²) >= 11 is 3.42. The maximum Gasteiger partial charge on any atom is 0.124 e. The third kappa shape index (κ3) is 3.58. The van der Waals surface area contributed by atoms with Crippen molar-refractivity contribution < 1.29 is 9.13 Å². The molecule has 0 amide bonds. The molecule has 102 valence electrons. The molecule has 0 unspecified atom stereocenters. The van der Waals surface area contributed by atoms with Crippen LogP contribution in [0.25, 0.3) is 0 Å². The summed E-state index contributed by atoms with van der Waals surface area (Å²) in [6.45, 7) is 2.25. The van der Waals surface area contributed by atoms with Crippen LogP contribution >= 0.6 is 15.9 Å². The normalized spacial score (nSPS) is 10.1. The quantitative estimate of drug-likeness (QED) is 0.773. The van der Waals surface area contributed by atoms with Crippen LogP contribution in [0.15, 0.2) is 36.4 Å². The molecular weight excluding hydrogens is 321 g/mol. The Hall–Kier alpha value is -1.86. The van der Waals surface area contributed by atoms with Gasteiger partial charge in [0.25, 0.3) is 0 Å². The van der Waals surface area contributed by atoms with Crippen molar-refractivity contribution in [1.29, 1.82) is 5.26 Å². The fraction of sp³-hybridized carbons (Fsp3) is 0.188. The molecule has 0 aliphatic carbocycles. The van der Waals surface area contributed by atoms with Crippen LogP contribution in [0.4, 0.5) is 4.39 Å². The van der Waals surface area contributed by atoms with E-state index in [1.807, 2.05) is 31.2 Å². The Morgan fingerprint density at radius 1 is 1.25 bits per heavy atom. The van der Waals surface area contributed by atoms with Gasteiger partial charge >= 0.3 is 0 Å². The molecule has 0 N–H and O–H groups in total. The maximum atomic E-state index is 13.3. The van der Waals surface area contributed by atoms with Crippen LogP contribution in [0, 0.1) is 24.1 Å². The molecule has 0 radical (unpaired) electrons. The van der Waals surface area contributed by atoms with E-state index in [-0.39, 0.29) is 6.61 Å². The first-order valence-corrected chi connectivity index (χ1v) is 7.22. The van der Waals surface area contributed by atoms with Crippen molar-refractivity contribution >= 4 is 15.9 Å². The van der Waals surface area contributed by atoms with Crippen molar-refractivity contribution in [2.45, 2.75) is 18.9 Å². The molecule has 20 heavy (non-hydrogen) atoms. The van der Waals surface area contributed by atoms with Crippen molar-refractivity contribution in [1.82, 2.24) is 0 Å². The van der Waals surface area contributed by atoms with Crippen LogP contribution in [0.5, 0.6) is 5.75 Å². The number of hydrogen-bond donors (Lipinski definition) is 0. The summed E-state index contributed by atoms with van der Waals surface area (Å²) in [6, 6.07) is 12.1. The predicted octanol–water partition coefficient (Wildman–Crippen LogP) is 4.48. The number of hydrogen-bond acceptors (Lipinski definition) is 2. The number of rotatable bonds is 4. The minimum absolute atomic E-state index is 0.232. The van der Waals surface area contributed by atoms with E-state index in [4.69, 9.17) is 10.00 Å². The number of ether oxygens (including phenoxy) is 1. The summed E-state index contributed by atoms with van der Waals surface area (Å²) < 4.78 is 19.0. The van der Waals surface area contributed by atoms with Crippen molar-refractivity contribution in [3.63, 3.8) is 0 Å². The number of halogens is 2. The fourth-order valence-electron chi connectivity index (χ4n) is 1.91. The minimum Gasteiger partial charge on any atom is -0.489 e. The second-order valence-electron chi connectivity index (χ2n) is 4.49. The third-order valence-electron chi connectivity index (χ3n) is 2.84. The minimum atomic E-state index is -0.424. The first-order chi connectivity index (χ1) is 9.62. The molecule has 0 aliphatic rings. The number of alkyl halides is 1. The van der Waals surface area contributed by atoms with Gasteiger partial charge in [-0.25, -0.2) is 4.39 Å². The summed E-state index contributed by atoms with van der Waals surface area (Å²) in [4.78, 5) is 0. The Morgan fingerprint density at radius 2 is 2.05 bits per heavy atom. The summed E-state index contributed by atoms with van der Waals surface area (Å²) in [5.41, 5.74) is 3.14. The van der Waals surface area contributed by atoms with Crippen molar-refractivity contribution in [2.24, 2.45) is 0 Å². The second-order valence-corrected chi connectivity index (χ2v) is 5.05. The second kappa shape index (κ2) is 6.53. The van der Waals surface area contributed by atoms with E-state index in [1.165, 1.54) is 12.1 Å². The summed E-state index contributed by atoms with van der Waals surface area (Å²) in [6.07, 6.45) is 0. The van der Waals surface area contributed by atoms with Crippen LogP contribution in [-0.2, 0) is 11.9 Å². The molecule has 0 atom stereocenters. The highest BCUT2D eigenvalue weighted by Crippen LogP contribution is 2.23. The van der Waals surface area contributed by atoms with Crippen LogP contribution in [0.3, 0.4) is 0 Å². The number of benzene rings is 2. The largest absolute Gasteiger partial charge is 0.489 e. The van der Waals surface area contributed by atoms with E-state index in [0.717, 1.165) is 16.9 Å². The van der Waals surface area contributed by atoms with E-state index >= 15 is 0 Å². The van der Waals surface area contributed by atoms with Gasteiger partial charge < -0.3 is 4.74 Å². The fourth-order valence-corrected chi connectivity index (χ4v) is 2.35. The van der Waals surface area contributed by atoms with Crippen LogP contribution in [0.2, 0.25) is 0 Å². The third-order valence-corrected chi connectivity index (χ3v) is 3.45. The van der Waals surface area contributed by atoms with Gasteiger partial charge in [0.1, 0.15) is 18.2 Å². The summed E-state index contributed by atoms with van der Waals surface area (Å²) in [5, 5.41) is 9.51. The monoisotopic (exact) mass is 333 g/mol. The molecule has 2 nitrogen and oxygen atoms in total. The highest BCUT2D eigenvalue weighted by Gasteiger charge is 2.05. The van der Waals surface area contributed by atoms with Crippen LogP contribution in [-0.4, -0.2) is 0 Å². The molecule has 0 bridgehead atoms. The van der Waals surface area contributed by atoms with Gasteiger partial charge in [0, 0.05) is 10.9 Å². The zero-order chi connectivity index (χ0) is 14.5. The Kier molecular flexibility index (Phi) is 4.75. The summed E-state index contributed by atoms with van der Waals surface area (Å²) in [5.74, 6) is 0.336. The lowest BCUT2D eigenvalue weighted by Crippen LogP contribution is -1.99. The van der Waals surface area contributed by atoms with Crippen molar-refractivity contribution in [3.05, 3.63) is 64.5 Å². The molecule has 4 heteroatoms. The number of aryl methyl sites for hydroxylation is 1. The smallest absolute Gasteiger partial charge is 0.124 e. The zero-order valence-corrected chi connectivity index (χ0v) is 12.6. The van der Waals surface area contributed by atoms with Crippen molar-refractivity contribution in [3.8, 4) is 11.8 Å². The molecule has 0 spiro atoms. The topological polar surface area (TPSA) is 33.0 Å². The van der Waals surface area contributed by atoms with Gasteiger partial charge in [-0.15, -0.1) is 0 Å². The average molecular weight is 334 g/mol. The lowest BCUT2D eigenvalue weighted by atomic mass is 10.1. The number of nitriles is 1. The molecule has 2 rings (SSSR count). The Balaban J connectivity index is 2.17. The highest BCUT2D eigenvalue weighted by atomic mass is 79.9. The molecule has 0 saturated heterocycles. The van der Waals surface area contributed by atoms with Gasteiger partial charge in [0.15, 0.2) is 0 Å². The predicted molar refractivity (Wildman–Crippen MR) is 79.3 cm³/mol. The Morgan fingerprint density at radius 3 is 2.75 bits per heavy atom. The molecule has 0 aromatic heterocycles. The lowest BCUT2D eigenvalue weighted by molar-refractivity contribution is 0.303. The van der Waals surface area contributed by atoms with Gasteiger partial charge in [-0.3, -0.25) is 0 Å². The molecule has 0 aliphatic heterocycles. The van der Waals surface area contributed by atoms with E-state index < -0.39 is 5.82 Å². The standard InChI is InChI=1S/C16H13BrFNO/c1-11-2-3-16(14(4-11)8-17)20-10-13-5-12(9-19)6-15(18)7-13/h2-7H,8,10H2,1H3. The first kappa shape index (κ1) is 14.5. The molecule has 2 aromatic carbocycles. The van der Waals surface area contributed by atoms with Gasteiger partial charge in [-0.05, 0) is 36.8 Å². The van der Waals surface area contributed by atoms with E-state index in [0.29, 0.717) is 16.5 Å². The molecule has 0 heterocycles.